The first-order valence-corrected chi connectivity index (χ1v) is 6.48. The lowest BCUT2D eigenvalue weighted by Gasteiger charge is -2.25. The van der Waals surface area contributed by atoms with Crippen molar-refractivity contribution in [1.29, 1.82) is 0 Å². The molecule has 100 valence electrons. The third kappa shape index (κ3) is 1.81. The highest BCUT2D eigenvalue weighted by atomic mass is 19.1. The van der Waals surface area contributed by atoms with Gasteiger partial charge in [-0.05, 0) is 24.3 Å². The summed E-state index contributed by atoms with van der Waals surface area (Å²) in [6.07, 6.45) is -0.253. The van der Waals surface area contributed by atoms with Crippen molar-refractivity contribution in [1.82, 2.24) is 0 Å². The molecule has 2 aromatic carbocycles. The Kier molecular flexibility index (Phi) is 2.42. The fourth-order valence-corrected chi connectivity index (χ4v) is 2.46. The first kappa shape index (κ1) is 11.3. The Morgan fingerprint density at radius 2 is 2.00 bits per heavy atom. The van der Waals surface area contributed by atoms with Crippen LogP contribution in [0.5, 0.6) is 5.75 Å². The van der Waals surface area contributed by atoms with Crippen LogP contribution in [0, 0.1) is 5.82 Å². The summed E-state index contributed by atoms with van der Waals surface area (Å²) >= 11 is 0. The van der Waals surface area contributed by atoms with Gasteiger partial charge in [-0.1, -0.05) is 18.2 Å². The van der Waals surface area contributed by atoms with Gasteiger partial charge in [0.1, 0.15) is 22.9 Å². The van der Waals surface area contributed by atoms with Crippen molar-refractivity contribution in [2.45, 2.75) is 6.10 Å². The maximum absolute atomic E-state index is 13.3. The normalized spacial score (nSPS) is 17.4. The number of fused-ring (bicyclic) bond motifs is 2. The maximum Gasteiger partial charge on any atom is 0.173 e. The van der Waals surface area contributed by atoms with Crippen molar-refractivity contribution >= 4 is 16.7 Å². The zero-order valence-electron chi connectivity index (χ0n) is 10.6. The summed E-state index contributed by atoms with van der Waals surface area (Å²) < 4.78 is 24.9. The number of rotatable bonds is 1. The summed E-state index contributed by atoms with van der Waals surface area (Å²) in [5.74, 6) is 0.950. The molecular weight excluding hydrogens is 257 g/mol. The first-order chi connectivity index (χ1) is 9.79. The van der Waals surface area contributed by atoms with Crippen LogP contribution in [0.15, 0.2) is 52.9 Å². The molecule has 1 N–H and O–H groups in total. The van der Waals surface area contributed by atoms with Gasteiger partial charge in [-0.25, -0.2) is 4.39 Å². The van der Waals surface area contributed by atoms with Gasteiger partial charge in [-0.15, -0.1) is 0 Å². The summed E-state index contributed by atoms with van der Waals surface area (Å²) in [5, 5.41) is 4.27. The summed E-state index contributed by atoms with van der Waals surface area (Å²) in [5.41, 5.74) is 1.63. The minimum atomic E-state index is -0.309. The van der Waals surface area contributed by atoms with Gasteiger partial charge in [0.15, 0.2) is 6.10 Å². The van der Waals surface area contributed by atoms with Crippen LogP contribution in [0.4, 0.5) is 10.1 Å². The van der Waals surface area contributed by atoms with Crippen molar-refractivity contribution in [2.24, 2.45) is 0 Å². The molecule has 0 amide bonds. The van der Waals surface area contributed by atoms with Crippen molar-refractivity contribution in [2.75, 3.05) is 11.9 Å². The van der Waals surface area contributed by atoms with E-state index in [0.29, 0.717) is 12.3 Å². The number of hydrogen-bond acceptors (Lipinski definition) is 3. The van der Waals surface area contributed by atoms with E-state index < -0.39 is 0 Å². The molecule has 0 saturated heterocycles. The van der Waals surface area contributed by atoms with Crippen LogP contribution >= 0.6 is 0 Å². The Labute approximate surface area is 115 Å². The highest BCUT2D eigenvalue weighted by Gasteiger charge is 2.24. The molecule has 0 radical (unpaired) electrons. The van der Waals surface area contributed by atoms with Crippen LogP contribution in [-0.2, 0) is 0 Å². The van der Waals surface area contributed by atoms with Crippen LogP contribution in [0.3, 0.4) is 0 Å². The molecule has 2 heterocycles. The molecule has 3 nitrogen and oxygen atoms in total. The van der Waals surface area contributed by atoms with Gasteiger partial charge in [0.2, 0.25) is 0 Å². The largest absolute Gasteiger partial charge is 0.478 e. The molecule has 3 aromatic rings. The maximum atomic E-state index is 13.3. The molecule has 1 unspecified atom stereocenters. The Morgan fingerprint density at radius 1 is 1.10 bits per heavy atom. The molecule has 1 atom stereocenters. The van der Waals surface area contributed by atoms with Crippen LogP contribution in [0.2, 0.25) is 0 Å². The Balaban J connectivity index is 1.70. The SMILES string of the molecule is Fc1ccc2c(c1)OC(c1cc3ccccc3o1)CN2. The van der Waals surface area contributed by atoms with Crippen molar-refractivity contribution in [3.05, 3.63) is 60.1 Å². The van der Waals surface area contributed by atoms with E-state index >= 15 is 0 Å². The molecule has 1 aromatic heterocycles. The third-order valence-corrected chi connectivity index (χ3v) is 3.45. The molecule has 0 spiro atoms. The Bertz CT molecular complexity index is 748. The third-order valence-electron chi connectivity index (χ3n) is 3.45. The second-order valence-corrected chi connectivity index (χ2v) is 4.81. The van der Waals surface area contributed by atoms with E-state index in [-0.39, 0.29) is 11.9 Å². The number of furan rings is 1. The number of ether oxygens (including phenoxy) is 1. The van der Waals surface area contributed by atoms with E-state index in [4.69, 9.17) is 9.15 Å². The molecule has 0 bridgehead atoms. The molecule has 4 rings (SSSR count). The number of hydrogen-bond donors (Lipinski definition) is 1. The van der Waals surface area contributed by atoms with Gasteiger partial charge >= 0.3 is 0 Å². The second kappa shape index (κ2) is 4.27. The van der Waals surface area contributed by atoms with E-state index in [2.05, 4.69) is 5.32 Å². The van der Waals surface area contributed by atoms with E-state index in [9.17, 15) is 4.39 Å². The van der Waals surface area contributed by atoms with Crippen LogP contribution in [-0.4, -0.2) is 6.54 Å². The van der Waals surface area contributed by atoms with Gasteiger partial charge in [-0.3, -0.25) is 0 Å². The van der Waals surface area contributed by atoms with Gasteiger partial charge in [0, 0.05) is 11.5 Å². The fraction of sp³-hybridized carbons (Fsp3) is 0.125. The number of para-hydroxylation sites is 1. The molecule has 0 aliphatic carbocycles. The van der Waals surface area contributed by atoms with E-state index in [0.717, 1.165) is 22.4 Å². The second-order valence-electron chi connectivity index (χ2n) is 4.81. The van der Waals surface area contributed by atoms with Crippen molar-refractivity contribution in [3.8, 4) is 5.75 Å². The van der Waals surface area contributed by atoms with Gasteiger partial charge < -0.3 is 14.5 Å². The lowest BCUT2D eigenvalue weighted by atomic mass is 10.2. The summed E-state index contributed by atoms with van der Waals surface area (Å²) in [4.78, 5) is 0. The van der Waals surface area contributed by atoms with Crippen LogP contribution < -0.4 is 10.1 Å². The number of anilines is 1. The van der Waals surface area contributed by atoms with Crippen LogP contribution in [0.25, 0.3) is 11.0 Å². The predicted molar refractivity (Wildman–Crippen MR) is 74.5 cm³/mol. The standard InChI is InChI=1S/C16H12FNO2/c17-11-5-6-12-14(8-11)20-16(9-18-12)15-7-10-3-1-2-4-13(10)19-15/h1-8,16,18H,9H2. The number of halogens is 1. The van der Waals surface area contributed by atoms with E-state index in [1.807, 2.05) is 30.3 Å². The predicted octanol–water partition coefficient (Wildman–Crippen LogP) is 4.12. The number of nitrogens with one attached hydrogen (secondary N) is 1. The Morgan fingerprint density at radius 3 is 2.90 bits per heavy atom. The molecular formula is C16H12FNO2. The lowest BCUT2D eigenvalue weighted by Crippen LogP contribution is -2.23. The average Bonchev–Trinajstić information content (AvgIpc) is 2.90. The van der Waals surface area contributed by atoms with Crippen molar-refractivity contribution in [3.63, 3.8) is 0 Å². The number of benzene rings is 2. The van der Waals surface area contributed by atoms with Gasteiger partial charge in [-0.2, -0.15) is 0 Å². The molecule has 1 aliphatic rings. The fourth-order valence-electron chi connectivity index (χ4n) is 2.46. The first-order valence-electron chi connectivity index (χ1n) is 6.48. The summed E-state index contributed by atoms with van der Waals surface area (Å²) in [6, 6.07) is 14.3. The monoisotopic (exact) mass is 269 g/mol. The smallest absolute Gasteiger partial charge is 0.173 e. The van der Waals surface area contributed by atoms with E-state index in [1.54, 1.807) is 6.07 Å². The quantitative estimate of drug-likeness (QED) is 0.721. The van der Waals surface area contributed by atoms with Gasteiger partial charge in [0.25, 0.3) is 0 Å². The molecule has 0 saturated carbocycles. The minimum absolute atomic E-state index is 0.253. The van der Waals surface area contributed by atoms with E-state index in [1.165, 1.54) is 12.1 Å². The average molecular weight is 269 g/mol. The zero-order chi connectivity index (χ0) is 13.5. The lowest BCUT2D eigenvalue weighted by molar-refractivity contribution is 0.183. The zero-order valence-corrected chi connectivity index (χ0v) is 10.6. The molecule has 20 heavy (non-hydrogen) atoms. The summed E-state index contributed by atoms with van der Waals surface area (Å²) in [6.45, 7) is 0.596. The highest BCUT2D eigenvalue weighted by molar-refractivity contribution is 5.77. The highest BCUT2D eigenvalue weighted by Crippen LogP contribution is 2.36. The topological polar surface area (TPSA) is 34.4 Å². The molecule has 1 aliphatic heterocycles. The molecule has 4 heteroatoms. The molecule has 0 fully saturated rings. The Hall–Kier alpha value is -2.49. The van der Waals surface area contributed by atoms with Crippen molar-refractivity contribution < 1.29 is 13.5 Å². The van der Waals surface area contributed by atoms with Crippen LogP contribution in [0.1, 0.15) is 11.9 Å². The summed E-state index contributed by atoms with van der Waals surface area (Å²) in [7, 11) is 0. The van der Waals surface area contributed by atoms with Gasteiger partial charge in [0.05, 0.1) is 12.2 Å². The minimum Gasteiger partial charge on any atom is -0.478 e.